The third-order valence-electron chi connectivity index (χ3n) is 1.63. The van der Waals surface area contributed by atoms with Gasteiger partial charge in [0.25, 0.3) is 0 Å². The van der Waals surface area contributed by atoms with Crippen LogP contribution in [0.1, 0.15) is 0 Å². The molecule has 0 bridgehead atoms. The molecule has 0 aliphatic heterocycles. The molecule has 1 aromatic carbocycles. The summed E-state index contributed by atoms with van der Waals surface area (Å²) < 4.78 is 0. The third kappa shape index (κ3) is 1.91. The molecule has 0 spiro atoms. The van der Waals surface area contributed by atoms with Crippen molar-refractivity contribution in [3.05, 3.63) is 45.0 Å². The fourth-order valence-electron chi connectivity index (χ4n) is 1.06. The van der Waals surface area contributed by atoms with E-state index in [9.17, 15) is 9.59 Å². The van der Waals surface area contributed by atoms with Crippen LogP contribution in [0.15, 0.2) is 33.9 Å². The van der Waals surface area contributed by atoms with E-state index in [1.165, 1.54) is 0 Å². The number of hydrogen-bond donors (Lipinski definition) is 2. The third-order valence-corrected chi connectivity index (χ3v) is 1.63. The Hall–Kier alpha value is -0.840. The van der Waals surface area contributed by atoms with Crippen LogP contribution in [0, 0.1) is 0 Å². The van der Waals surface area contributed by atoms with Crippen LogP contribution in [0.25, 0.3) is 11.0 Å². The molecule has 2 N–H and O–H groups in total. The molecule has 1 radical (unpaired) electrons. The normalized spacial score (nSPS) is 9.54. The Balaban J connectivity index is 0.000000845. The van der Waals surface area contributed by atoms with Crippen molar-refractivity contribution in [2.24, 2.45) is 0 Å². The first-order valence-corrected chi connectivity index (χ1v) is 3.49. The maximum absolute atomic E-state index is 10.8. The fourth-order valence-corrected chi connectivity index (χ4v) is 1.06. The molecule has 0 saturated heterocycles. The molecule has 2 aromatic rings. The zero-order chi connectivity index (χ0) is 8.55. The van der Waals surface area contributed by atoms with Crippen LogP contribution in [0.5, 0.6) is 0 Å². The van der Waals surface area contributed by atoms with Crippen LogP contribution >= 0.6 is 0 Å². The van der Waals surface area contributed by atoms with Crippen LogP contribution in [0.2, 0.25) is 0 Å². The van der Waals surface area contributed by atoms with Gasteiger partial charge in [-0.05, 0) is 12.1 Å². The van der Waals surface area contributed by atoms with Gasteiger partial charge in [0.15, 0.2) is 0 Å². The Kier molecular flexibility index (Phi) is 3.08. The zero-order valence-electron chi connectivity index (χ0n) is 7.13. The molecule has 4 nitrogen and oxygen atoms in total. The summed E-state index contributed by atoms with van der Waals surface area (Å²) in [4.78, 5) is 26.6. The smallest absolute Gasteiger partial charge is 0.314 e. The summed E-state index contributed by atoms with van der Waals surface area (Å²) in [5.41, 5.74) is 0.0478. The Morgan fingerprint density at radius 2 is 1.23 bits per heavy atom. The predicted molar refractivity (Wildman–Crippen MR) is 50.9 cm³/mol. The molecule has 5 heteroatoms. The number of hydrogen-bond acceptors (Lipinski definition) is 2. The number of nitrogens with one attached hydrogen (secondary N) is 2. The molecule has 0 saturated carbocycles. The first kappa shape index (κ1) is 10.2. The van der Waals surface area contributed by atoms with Gasteiger partial charge in [-0.15, -0.1) is 0 Å². The Bertz CT molecular complexity index is 481. The summed E-state index contributed by atoms with van der Waals surface area (Å²) in [5, 5.41) is 0. The minimum atomic E-state index is -0.617. The summed E-state index contributed by atoms with van der Waals surface area (Å²) >= 11 is 0. The van der Waals surface area contributed by atoms with Gasteiger partial charge in [0.05, 0.1) is 11.0 Å². The van der Waals surface area contributed by atoms with Gasteiger partial charge in [-0.3, -0.25) is 9.59 Å². The predicted octanol–water partition coefficient (Wildman–Crippen LogP) is -0.164. The van der Waals surface area contributed by atoms with Gasteiger partial charge in [0.1, 0.15) is 0 Å². The molecular weight excluding hydrogens is 179 g/mol. The van der Waals surface area contributed by atoms with E-state index in [2.05, 4.69) is 9.97 Å². The van der Waals surface area contributed by atoms with Gasteiger partial charge in [0, 0.05) is 29.6 Å². The molecule has 13 heavy (non-hydrogen) atoms. The van der Waals surface area contributed by atoms with Crippen LogP contribution in [0.4, 0.5) is 0 Å². The van der Waals surface area contributed by atoms with Crippen LogP contribution in [0.3, 0.4) is 0 Å². The van der Waals surface area contributed by atoms with Gasteiger partial charge < -0.3 is 9.97 Å². The SMILES string of the molecule is O=c1[nH]c2ccccc2[nH]c1=O.[Na]. The Labute approximate surface area is 95.3 Å². The second kappa shape index (κ2) is 3.91. The maximum atomic E-state index is 10.8. The molecule has 1 heterocycles. The zero-order valence-corrected chi connectivity index (χ0v) is 9.13. The fraction of sp³-hybridized carbons (Fsp3) is 0. The van der Waals surface area contributed by atoms with Crippen LogP contribution < -0.4 is 11.1 Å². The first-order chi connectivity index (χ1) is 5.77. The maximum Gasteiger partial charge on any atom is 0.314 e. The molecule has 1 aromatic heterocycles. The number of rotatable bonds is 0. The summed E-state index contributed by atoms with van der Waals surface area (Å²) in [7, 11) is 0. The van der Waals surface area contributed by atoms with E-state index in [-0.39, 0.29) is 29.6 Å². The van der Waals surface area contributed by atoms with E-state index in [4.69, 9.17) is 0 Å². The number of aromatic amines is 2. The molecule has 0 aliphatic rings. The van der Waals surface area contributed by atoms with E-state index in [1.54, 1.807) is 24.3 Å². The van der Waals surface area contributed by atoms with E-state index < -0.39 is 11.1 Å². The monoisotopic (exact) mass is 185 g/mol. The van der Waals surface area contributed by atoms with Crippen LogP contribution in [-0.4, -0.2) is 39.5 Å². The van der Waals surface area contributed by atoms with Gasteiger partial charge in [0.2, 0.25) is 0 Å². The molecule has 0 amide bonds. The quantitative estimate of drug-likeness (QED) is 0.442. The van der Waals surface area contributed by atoms with Gasteiger partial charge in [-0.1, -0.05) is 12.1 Å². The van der Waals surface area contributed by atoms with Crippen molar-refractivity contribution in [2.75, 3.05) is 0 Å². The van der Waals surface area contributed by atoms with E-state index in [1.807, 2.05) is 0 Å². The van der Waals surface area contributed by atoms with Crippen molar-refractivity contribution in [3.8, 4) is 0 Å². The van der Waals surface area contributed by atoms with Gasteiger partial charge >= 0.3 is 11.1 Å². The molecule has 0 unspecified atom stereocenters. The van der Waals surface area contributed by atoms with Crippen molar-refractivity contribution < 1.29 is 0 Å². The summed E-state index contributed by atoms with van der Waals surface area (Å²) in [6.45, 7) is 0. The topological polar surface area (TPSA) is 65.7 Å². The van der Waals surface area contributed by atoms with Crippen molar-refractivity contribution in [2.45, 2.75) is 0 Å². The number of fused-ring (bicyclic) bond motifs is 1. The standard InChI is InChI=1S/C8H6N2O2.Na/c11-7-8(12)10-6-4-2-1-3-5(6)9-7;/h1-4H,(H,9,11)(H,10,12);. The molecule has 0 aliphatic carbocycles. The van der Waals surface area contributed by atoms with Crippen molar-refractivity contribution in [3.63, 3.8) is 0 Å². The van der Waals surface area contributed by atoms with Crippen LogP contribution in [-0.2, 0) is 0 Å². The largest absolute Gasteiger partial charge is 0.316 e. The van der Waals surface area contributed by atoms with E-state index in [0.717, 1.165) is 0 Å². The summed E-state index contributed by atoms with van der Waals surface area (Å²) in [6.07, 6.45) is 0. The molecule has 2 rings (SSSR count). The second-order valence-electron chi connectivity index (χ2n) is 2.45. The number of benzene rings is 1. The molecule has 0 atom stereocenters. The van der Waals surface area contributed by atoms with Crippen molar-refractivity contribution in [1.29, 1.82) is 0 Å². The Morgan fingerprint density at radius 3 is 1.62 bits per heavy atom. The van der Waals surface area contributed by atoms with Gasteiger partial charge in [-0.2, -0.15) is 0 Å². The van der Waals surface area contributed by atoms with Crippen molar-refractivity contribution in [1.82, 2.24) is 9.97 Å². The minimum Gasteiger partial charge on any atom is -0.316 e. The average molecular weight is 185 g/mol. The van der Waals surface area contributed by atoms with E-state index >= 15 is 0 Å². The Morgan fingerprint density at radius 1 is 0.846 bits per heavy atom. The average Bonchev–Trinajstić information content (AvgIpc) is 2.07. The van der Waals surface area contributed by atoms with E-state index in [0.29, 0.717) is 11.0 Å². The summed E-state index contributed by atoms with van der Waals surface area (Å²) in [6, 6.07) is 7.03. The number of aromatic nitrogens is 2. The number of para-hydroxylation sites is 2. The first-order valence-electron chi connectivity index (χ1n) is 3.49. The summed E-state index contributed by atoms with van der Waals surface area (Å²) in [5.74, 6) is 0. The second-order valence-corrected chi connectivity index (χ2v) is 2.45. The molecule has 0 fully saturated rings. The number of H-pyrrole nitrogens is 2. The molecular formula is C8H6N2NaO2. The van der Waals surface area contributed by atoms with Crippen molar-refractivity contribution >= 4 is 40.6 Å². The molecule has 61 valence electrons. The minimum absolute atomic E-state index is 0. The van der Waals surface area contributed by atoms with Gasteiger partial charge in [-0.25, -0.2) is 0 Å².